The van der Waals surface area contributed by atoms with Crippen LogP contribution in [-0.2, 0) is 19.4 Å². The maximum atomic E-state index is 15.8. The SMILES string of the molecule is FC1(Cc2ccccc2)Cc2ccccc2N(Cc2ccccc2)C1. The van der Waals surface area contributed by atoms with Gasteiger partial charge in [-0.3, -0.25) is 0 Å². The van der Waals surface area contributed by atoms with E-state index in [2.05, 4.69) is 29.2 Å². The average molecular weight is 331 g/mol. The molecule has 4 rings (SSSR count). The predicted octanol–water partition coefficient (Wildman–Crippen LogP) is 5.20. The largest absolute Gasteiger partial charge is 0.364 e. The van der Waals surface area contributed by atoms with Crippen molar-refractivity contribution in [1.29, 1.82) is 0 Å². The number of benzene rings is 3. The molecule has 1 aliphatic heterocycles. The predicted molar refractivity (Wildman–Crippen MR) is 102 cm³/mol. The summed E-state index contributed by atoms with van der Waals surface area (Å²) in [4.78, 5) is 2.19. The van der Waals surface area contributed by atoms with E-state index < -0.39 is 5.67 Å². The Bertz CT molecular complexity index is 831. The summed E-state index contributed by atoms with van der Waals surface area (Å²) in [6, 6.07) is 28.5. The van der Waals surface area contributed by atoms with Gasteiger partial charge in [-0.2, -0.15) is 0 Å². The summed E-state index contributed by atoms with van der Waals surface area (Å²) >= 11 is 0. The van der Waals surface area contributed by atoms with Crippen molar-refractivity contribution < 1.29 is 4.39 Å². The second kappa shape index (κ2) is 6.72. The normalized spacial score (nSPS) is 19.5. The van der Waals surface area contributed by atoms with Gasteiger partial charge >= 0.3 is 0 Å². The zero-order valence-electron chi connectivity index (χ0n) is 14.2. The van der Waals surface area contributed by atoms with Crippen LogP contribution < -0.4 is 4.90 Å². The maximum absolute atomic E-state index is 15.8. The van der Waals surface area contributed by atoms with Crippen LogP contribution in [0.2, 0.25) is 0 Å². The van der Waals surface area contributed by atoms with Gasteiger partial charge in [0.1, 0.15) is 5.67 Å². The number of rotatable bonds is 4. The van der Waals surface area contributed by atoms with Crippen LogP contribution in [0.25, 0.3) is 0 Å². The third-order valence-electron chi connectivity index (χ3n) is 4.89. The number of anilines is 1. The summed E-state index contributed by atoms with van der Waals surface area (Å²) in [5, 5.41) is 0. The first-order valence-electron chi connectivity index (χ1n) is 8.82. The summed E-state index contributed by atoms with van der Waals surface area (Å²) in [5.41, 5.74) is 3.28. The molecule has 0 saturated heterocycles. The molecule has 0 fully saturated rings. The fourth-order valence-electron chi connectivity index (χ4n) is 3.82. The Morgan fingerprint density at radius 3 is 2.08 bits per heavy atom. The number of hydrogen-bond acceptors (Lipinski definition) is 1. The van der Waals surface area contributed by atoms with Crippen LogP contribution in [0.4, 0.5) is 10.1 Å². The summed E-state index contributed by atoms with van der Waals surface area (Å²) in [6.07, 6.45) is 0.927. The average Bonchev–Trinajstić information content (AvgIpc) is 2.63. The lowest BCUT2D eigenvalue weighted by Gasteiger charge is -2.40. The van der Waals surface area contributed by atoms with E-state index >= 15 is 4.39 Å². The van der Waals surface area contributed by atoms with Crippen LogP contribution in [-0.4, -0.2) is 12.2 Å². The molecule has 2 heteroatoms. The standard InChI is InChI=1S/C23H22FN/c24-23(15-19-9-3-1-4-10-19)16-21-13-7-8-14-22(21)25(18-23)17-20-11-5-2-6-12-20/h1-14H,15-18H2. The van der Waals surface area contributed by atoms with E-state index in [-0.39, 0.29) is 0 Å². The Balaban J connectivity index is 1.64. The minimum atomic E-state index is -1.25. The van der Waals surface area contributed by atoms with Gasteiger partial charge in [0.15, 0.2) is 0 Å². The van der Waals surface area contributed by atoms with Crippen molar-refractivity contribution in [1.82, 2.24) is 0 Å². The van der Waals surface area contributed by atoms with Crippen molar-refractivity contribution in [3.63, 3.8) is 0 Å². The van der Waals surface area contributed by atoms with Crippen LogP contribution in [0, 0.1) is 0 Å². The number of nitrogens with zero attached hydrogens (tertiary/aromatic N) is 1. The highest BCUT2D eigenvalue weighted by atomic mass is 19.1. The van der Waals surface area contributed by atoms with Crippen LogP contribution >= 0.6 is 0 Å². The fourth-order valence-corrected chi connectivity index (χ4v) is 3.82. The highest BCUT2D eigenvalue weighted by molar-refractivity contribution is 5.57. The lowest BCUT2D eigenvalue weighted by molar-refractivity contribution is 0.162. The molecule has 0 spiro atoms. The van der Waals surface area contributed by atoms with E-state index in [0.29, 0.717) is 19.4 Å². The topological polar surface area (TPSA) is 3.24 Å². The number of para-hydroxylation sites is 1. The van der Waals surface area contributed by atoms with E-state index in [1.807, 2.05) is 60.7 Å². The van der Waals surface area contributed by atoms with Crippen molar-refractivity contribution in [2.45, 2.75) is 25.1 Å². The van der Waals surface area contributed by atoms with Crippen LogP contribution in [0.15, 0.2) is 84.9 Å². The molecule has 0 saturated carbocycles. The molecule has 1 unspecified atom stereocenters. The van der Waals surface area contributed by atoms with Gasteiger partial charge < -0.3 is 4.90 Å². The van der Waals surface area contributed by atoms with E-state index in [1.54, 1.807) is 0 Å². The lowest BCUT2D eigenvalue weighted by Crippen LogP contribution is -2.47. The van der Waals surface area contributed by atoms with Crippen molar-refractivity contribution >= 4 is 5.69 Å². The first-order chi connectivity index (χ1) is 12.2. The summed E-state index contributed by atoms with van der Waals surface area (Å²) in [6.45, 7) is 1.16. The van der Waals surface area contributed by atoms with Gasteiger partial charge in [-0.05, 0) is 22.8 Å². The first kappa shape index (κ1) is 15.9. The van der Waals surface area contributed by atoms with Crippen molar-refractivity contribution in [2.24, 2.45) is 0 Å². The Hall–Kier alpha value is -2.61. The molecule has 126 valence electrons. The van der Waals surface area contributed by atoms with E-state index in [1.165, 1.54) is 5.56 Å². The van der Waals surface area contributed by atoms with Crippen LogP contribution in [0.3, 0.4) is 0 Å². The molecule has 0 aromatic heterocycles. The molecule has 1 aliphatic rings. The third-order valence-corrected chi connectivity index (χ3v) is 4.89. The second-order valence-electron chi connectivity index (χ2n) is 6.96. The molecule has 1 atom stereocenters. The van der Waals surface area contributed by atoms with Gasteiger partial charge in [-0.1, -0.05) is 78.9 Å². The lowest BCUT2D eigenvalue weighted by atomic mass is 9.85. The number of fused-ring (bicyclic) bond motifs is 1. The van der Waals surface area contributed by atoms with Gasteiger partial charge in [0.05, 0.1) is 6.54 Å². The third kappa shape index (κ3) is 3.58. The van der Waals surface area contributed by atoms with Crippen LogP contribution in [0.5, 0.6) is 0 Å². The molecule has 1 nitrogen and oxygen atoms in total. The van der Waals surface area contributed by atoms with E-state index in [0.717, 1.165) is 23.4 Å². The van der Waals surface area contributed by atoms with Gasteiger partial charge in [-0.15, -0.1) is 0 Å². The Morgan fingerprint density at radius 1 is 0.760 bits per heavy atom. The summed E-state index contributed by atoms with van der Waals surface area (Å²) in [7, 11) is 0. The minimum absolute atomic E-state index is 0.424. The van der Waals surface area contributed by atoms with Crippen molar-refractivity contribution in [3.8, 4) is 0 Å². The van der Waals surface area contributed by atoms with Gasteiger partial charge in [0.2, 0.25) is 0 Å². The Morgan fingerprint density at radius 2 is 1.36 bits per heavy atom. The summed E-state index contributed by atoms with van der Waals surface area (Å²) < 4.78 is 15.8. The monoisotopic (exact) mass is 331 g/mol. The molecule has 0 bridgehead atoms. The van der Waals surface area contributed by atoms with E-state index in [9.17, 15) is 0 Å². The minimum Gasteiger partial charge on any atom is -0.364 e. The molecule has 25 heavy (non-hydrogen) atoms. The van der Waals surface area contributed by atoms with Crippen LogP contribution in [0.1, 0.15) is 16.7 Å². The smallest absolute Gasteiger partial charge is 0.136 e. The molecular weight excluding hydrogens is 309 g/mol. The molecule has 0 radical (unpaired) electrons. The van der Waals surface area contributed by atoms with Gasteiger partial charge in [0.25, 0.3) is 0 Å². The van der Waals surface area contributed by atoms with Gasteiger partial charge in [0, 0.05) is 25.1 Å². The molecule has 1 heterocycles. The number of alkyl halides is 1. The zero-order chi connectivity index (χ0) is 17.1. The molecule has 0 amide bonds. The van der Waals surface area contributed by atoms with Gasteiger partial charge in [-0.25, -0.2) is 4.39 Å². The number of hydrogen-bond donors (Lipinski definition) is 0. The molecular formula is C23H22FN. The fraction of sp³-hybridized carbons (Fsp3) is 0.217. The Labute approximate surface area is 148 Å². The van der Waals surface area contributed by atoms with E-state index in [4.69, 9.17) is 0 Å². The Kier molecular flexibility index (Phi) is 4.27. The first-order valence-corrected chi connectivity index (χ1v) is 8.82. The maximum Gasteiger partial charge on any atom is 0.136 e. The number of halogens is 1. The molecule has 0 aliphatic carbocycles. The highest BCUT2D eigenvalue weighted by Gasteiger charge is 2.38. The summed E-state index contributed by atoms with van der Waals surface area (Å²) in [5.74, 6) is 0. The molecule has 3 aromatic rings. The molecule has 3 aromatic carbocycles. The quantitative estimate of drug-likeness (QED) is 0.635. The van der Waals surface area contributed by atoms with Crippen molar-refractivity contribution in [3.05, 3.63) is 102 Å². The highest BCUT2D eigenvalue weighted by Crippen LogP contribution is 2.36. The zero-order valence-corrected chi connectivity index (χ0v) is 14.2. The van der Waals surface area contributed by atoms with Crippen molar-refractivity contribution in [2.75, 3.05) is 11.4 Å². The second-order valence-corrected chi connectivity index (χ2v) is 6.96. The molecule has 0 N–H and O–H groups in total.